The Morgan fingerprint density at radius 3 is 2.68 bits per heavy atom. The van der Waals surface area contributed by atoms with Crippen LogP contribution >= 0.6 is 28.3 Å². The zero-order chi connectivity index (χ0) is 14.5. The van der Waals surface area contributed by atoms with Gasteiger partial charge < -0.3 is 10.1 Å². The van der Waals surface area contributed by atoms with Crippen LogP contribution in [0.5, 0.6) is 0 Å². The first-order chi connectivity index (χ1) is 10.3. The molecule has 2 aromatic carbocycles. The minimum Gasteiger partial charge on any atom is -0.372 e. The Labute approximate surface area is 146 Å². The van der Waals surface area contributed by atoms with Crippen LogP contribution in [0.3, 0.4) is 0 Å². The van der Waals surface area contributed by atoms with Crippen molar-refractivity contribution in [3.8, 4) is 0 Å². The van der Waals surface area contributed by atoms with Gasteiger partial charge in [-0.15, -0.1) is 12.4 Å². The Balaban J connectivity index is 0.00000176. The van der Waals surface area contributed by atoms with E-state index in [2.05, 4.69) is 69.8 Å². The Bertz CT molecular complexity index is 578. The lowest BCUT2D eigenvalue weighted by atomic mass is 9.94. The fourth-order valence-electron chi connectivity index (χ4n) is 2.86. The zero-order valence-corrected chi connectivity index (χ0v) is 14.8. The van der Waals surface area contributed by atoms with Crippen molar-refractivity contribution < 1.29 is 4.74 Å². The van der Waals surface area contributed by atoms with Crippen LogP contribution in [0.1, 0.15) is 30.0 Å². The Kier molecular flexibility index (Phi) is 6.90. The first kappa shape index (κ1) is 17.5. The Hall–Kier alpha value is -0.870. The van der Waals surface area contributed by atoms with E-state index in [1.807, 2.05) is 6.07 Å². The molecular formula is C18H21BrClNO. The lowest BCUT2D eigenvalue weighted by Crippen LogP contribution is -2.39. The van der Waals surface area contributed by atoms with Gasteiger partial charge in [0.1, 0.15) is 0 Å². The standard InChI is InChI=1S/C18H20BrNO.ClH/c19-16-9-4-6-14(12-16)13-21-17-10-5-11-20-18(17)15-7-2-1-3-8-15;/h1-4,6-9,12,17-18,20H,5,10-11,13H2;1H/t17-,18-;/m1./s1. The monoisotopic (exact) mass is 381 g/mol. The number of piperidine rings is 1. The summed E-state index contributed by atoms with van der Waals surface area (Å²) in [6.07, 6.45) is 2.52. The maximum atomic E-state index is 6.21. The fourth-order valence-corrected chi connectivity index (χ4v) is 3.31. The summed E-state index contributed by atoms with van der Waals surface area (Å²) in [7, 11) is 0. The van der Waals surface area contributed by atoms with Crippen LogP contribution in [-0.4, -0.2) is 12.6 Å². The van der Waals surface area contributed by atoms with Gasteiger partial charge in [0.05, 0.1) is 18.8 Å². The summed E-state index contributed by atoms with van der Waals surface area (Å²) >= 11 is 3.51. The summed E-state index contributed by atoms with van der Waals surface area (Å²) in [5.74, 6) is 0. The molecule has 0 aliphatic carbocycles. The van der Waals surface area contributed by atoms with E-state index in [0.29, 0.717) is 12.6 Å². The summed E-state index contributed by atoms with van der Waals surface area (Å²) in [6.45, 7) is 1.73. The van der Waals surface area contributed by atoms with E-state index in [0.717, 1.165) is 17.4 Å². The van der Waals surface area contributed by atoms with Gasteiger partial charge >= 0.3 is 0 Å². The molecular weight excluding hydrogens is 362 g/mol. The topological polar surface area (TPSA) is 21.3 Å². The fraction of sp³-hybridized carbons (Fsp3) is 0.333. The Morgan fingerprint density at radius 2 is 1.91 bits per heavy atom. The second kappa shape index (κ2) is 8.68. The largest absolute Gasteiger partial charge is 0.372 e. The minimum atomic E-state index is 0. The van der Waals surface area contributed by atoms with Gasteiger partial charge in [-0.3, -0.25) is 0 Å². The molecule has 1 aliphatic heterocycles. The normalized spacial score (nSPS) is 21.1. The van der Waals surface area contributed by atoms with Crippen LogP contribution in [-0.2, 0) is 11.3 Å². The lowest BCUT2D eigenvalue weighted by Gasteiger charge is -2.33. The number of ether oxygens (including phenoxy) is 1. The van der Waals surface area contributed by atoms with Crippen LogP contribution in [0.2, 0.25) is 0 Å². The molecule has 2 nitrogen and oxygen atoms in total. The molecule has 0 amide bonds. The Morgan fingerprint density at radius 1 is 1.09 bits per heavy atom. The van der Waals surface area contributed by atoms with E-state index in [-0.39, 0.29) is 18.5 Å². The highest BCUT2D eigenvalue weighted by atomic mass is 79.9. The van der Waals surface area contributed by atoms with Crippen molar-refractivity contribution in [2.24, 2.45) is 0 Å². The van der Waals surface area contributed by atoms with E-state index < -0.39 is 0 Å². The van der Waals surface area contributed by atoms with Crippen LogP contribution in [0.25, 0.3) is 0 Å². The van der Waals surface area contributed by atoms with Crippen LogP contribution in [0, 0.1) is 0 Å². The van der Waals surface area contributed by atoms with Crippen LogP contribution in [0.4, 0.5) is 0 Å². The van der Waals surface area contributed by atoms with Crippen molar-refractivity contribution in [2.45, 2.75) is 31.6 Å². The summed E-state index contributed by atoms with van der Waals surface area (Å²) in [5.41, 5.74) is 2.53. The van der Waals surface area contributed by atoms with Gasteiger partial charge in [0.25, 0.3) is 0 Å². The molecule has 1 saturated heterocycles. The second-order valence-electron chi connectivity index (χ2n) is 5.46. The molecule has 22 heavy (non-hydrogen) atoms. The minimum absolute atomic E-state index is 0. The third kappa shape index (κ3) is 4.56. The molecule has 0 aromatic heterocycles. The SMILES string of the molecule is Brc1cccc(CO[C@@H]2CCCN[C@@H]2c2ccccc2)c1.Cl. The van der Waals surface area contributed by atoms with Gasteiger partial charge in [-0.05, 0) is 42.6 Å². The molecule has 2 atom stereocenters. The molecule has 4 heteroatoms. The summed E-state index contributed by atoms with van der Waals surface area (Å²) < 4.78 is 7.31. The maximum Gasteiger partial charge on any atom is 0.0774 e. The summed E-state index contributed by atoms with van der Waals surface area (Å²) in [4.78, 5) is 0. The molecule has 0 spiro atoms. The average Bonchev–Trinajstić information content (AvgIpc) is 2.54. The third-order valence-electron chi connectivity index (χ3n) is 3.91. The molecule has 2 aromatic rings. The van der Waals surface area contributed by atoms with E-state index in [1.54, 1.807) is 0 Å². The molecule has 1 heterocycles. The molecule has 1 N–H and O–H groups in total. The van der Waals surface area contributed by atoms with Crippen molar-refractivity contribution in [3.05, 3.63) is 70.2 Å². The summed E-state index contributed by atoms with van der Waals surface area (Å²) in [6, 6.07) is 19.2. The molecule has 3 rings (SSSR count). The quantitative estimate of drug-likeness (QED) is 0.813. The van der Waals surface area contributed by atoms with E-state index in [1.165, 1.54) is 17.5 Å². The molecule has 0 radical (unpaired) electrons. The number of benzene rings is 2. The maximum absolute atomic E-state index is 6.21. The van der Waals surface area contributed by atoms with Gasteiger partial charge in [0, 0.05) is 4.47 Å². The van der Waals surface area contributed by atoms with Crippen LogP contribution in [0.15, 0.2) is 59.1 Å². The molecule has 0 saturated carbocycles. The van der Waals surface area contributed by atoms with E-state index in [4.69, 9.17) is 4.74 Å². The molecule has 0 unspecified atom stereocenters. The number of hydrogen-bond donors (Lipinski definition) is 1. The van der Waals surface area contributed by atoms with Crippen molar-refractivity contribution in [2.75, 3.05) is 6.54 Å². The highest BCUT2D eigenvalue weighted by molar-refractivity contribution is 9.10. The molecule has 1 fully saturated rings. The predicted molar refractivity (Wildman–Crippen MR) is 96.4 cm³/mol. The molecule has 118 valence electrons. The van der Waals surface area contributed by atoms with Crippen molar-refractivity contribution >= 4 is 28.3 Å². The number of nitrogens with one attached hydrogen (secondary N) is 1. The van der Waals surface area contributed by atoms with Gasteiger partial charge in [-0.25, -0.2) is 0 Å². The van der Waals surface area contributed by atoms with Gasteiger partial charge in [0.15, 0.2) is 0 Å². The van der Waals surface area contributed by atoms with Crippen molar-refractivity contribution in [3.63, 3.8) is 0 Å². The summed E-state index contributed by atoms with van der Waals surface area (Å²) in [5, 5.41) is 3.60. The highest BCUT2D eigenvalue weighted by Crippen LogP contribution is 2.27. The first-order valence-corrected chi connectivity index (χ1v) is 8.26. The number of halogens is 2. The number of hydrogen-bond acceptors (Lipinski definition) is 2. The van der Waals surface area contributed by atoms with E-state index >= 15 is 0 Å². The highest BCUT2D eigenvalue weighted by Gasteiger charge is 2.26. The van der Waals surface area contributed by atoms with Gasteiger partial charge in [-0.2, -0.15) is 0 Å². The number of rotatable bonds is 4. The van der Waals surface area contributed by atoms with Gasteiger partial charge in [-0.1, -0.05) is 58.4 Å². The third-order valence-corrected chi connectivity index (χ3v) is 4.41. The lowest BCUT2D eigenvalue weighted by molar-refractivity contribution is -0.00358. The smallest absolute Gasteiger partial charge is 0.0774 e. The average molecular weight is 383 g/mol. The molecule has 0 bridgehead atoms. The predicted octanol–water partition coefficient (Wildman–Crippen LogP) is 4.88. The zero-order valence-electron chi connectivity index (χ0n) is 12.4. The first-order valence-electron chi connectivity index (χ1n) is 7.47. The second-order valence-corrected chi connectivity index (χ2v) is 6.38. The van der Waals surface area contributed by atoms with Crippen molar-refractivity contribution in [1.82, 2.24) is 5.32 Å². The molecule has 1 aliphatic rings. The van der Waals surface area contributed by atoms with Crippen LogP contribution < -0.4 is 5.32 Å². The van der Waals surface area contributed by atoms with E-state index in [9.17, 15) is 0 Å². The van der Waals surface area contributed by atoms with Gasteiger partial charge in [0.2, 0.25) is 0 Å². The van der Waals surface area contributed by atoms with Crippen molar-refractivity contribution in [1.29, 1.82) is 0 Å².